The van der Waals surface area contributed by atoms with Gasteiger partial charge in [-0.3, -0.25) is 9.59 Å². The van der Waals surface area contributed by atoms with Crippen molar-refractivity contribution in [1.29, 1.82) is 0 Å². The highest BCUT2D eigenvalue weighted by atomic mass is 32.1. The lowest BCUT2D eigenvalue weighted by atomic mass is 10.0. The minimum atomic E-state index is -0.227. The van der Waals surface area contributed by atoms with Crippen molar-refractivity contribution < 1.29 is 14.0 Å². The number of rotatable bonds is 8. The Morgan fingerprint density at radius 3 is 2.58 bits per heavy atom. The van der Waals surface area contributed by atoms with Crippen LogP contribution in [0.1, 0.15) is 46.1 Å². The highest BCUT2D eigenvalue weighted by molar-refractivity contribution is 7.15. The number of carbonyl (C=O) groups is 2. The molecular weight excluding hydrogens is 434 g/mol. The van der Waals surface area contributed by atoms with Crippen LogP contribution in [0.15, 0.2) is 65.3 Å². The Morgan fingerprint density at radius 2 is 1.82 bits per heavy atom. The van der Waals surface area contributed by atoms with Gasteiger partial charge < -0.3 is 15.1 Å². The average molecular weight is 462 g/mol. The molecule has 0 aliphatic heterocycles. The second kappa shape index (κ2) is 10.0. The molecule has 4 aromatic rings. The predicted octanol–water partition coefficient (Wildman–Crippen LogP) is 5.44. The van der Waals surface area contributed by atoms with Crippen LogP contribution in [-0.2, 0) is 0 Å². The highest BCUT2D eigenvalue weighted by Crippen LogP contribution is 2.30. The molecule has 0 aliphatic rings. The van der Waals surface area contributed by atoms with E-state index in [0.717, 1.165) is 27.3 Å². The van der Waals surface area contributed by atoms with Gasteiger partial charge in [0, 0.05) is 18.0 Å². The number of benzene rings is 2. The summed E-state index contributed by atoms with van der Waals surface area (Å²) in [6.45, 7) is 6.40. The van der Waals surface area contributed by atoms with E-state index in [2.05, 4.69) is 29.5 Å². The molecule has 2 N–H and O–H groups in total. The maximum atomic E-state index is 13.2. The summed E-state index contributed by atoms with van der Waals surface area (Å²) in [5.41, 5.74) is 2.61. The molecule has 7 heteroatoms. The number of amides is 2. The molecule has 0 saturated heterocycles. The molecule has 170 valence electrons. The van der Waals surface area contributed by atoms with E-state index in [4.69, 9.17) is 4.42 Å². The molecule has 0 fully saturated rings. The van der Waals surface area contributed by atoms with Crippen LogP contribution in [0.2, 0.25) is 0 Å². The number of furan rings is 1. The van der Waals surface area contributed by atoms with Crippen LogP contribution < -0.4 is 10.6 Å². The number of hydrogen-bond acceptors (Lipinski definition) is 5. The lowest BCUT2D eigenvalue weighted by Crippen LogP contribution is -2.44. The Labute approximate surface area is 197 Å². The maximum absolute atomic E-state index is 13.2. The van der Waals surface area contributed by atoms with Crippen molar-refractivity contribution in [2.24, 2.45) is 5.92 Å². The van der Waals surface area contributed by atoms with Crippen molar-refractivity contribution in [2.75, 3.05) is 6.54 Å². The van der Waals surface area contributed by atoms with E-state index in [1.807, 2.05) is 43.3 Å². The molecule has 0 bridgehead atoms. The van der Waals surface area contributed by atoms with E-state index >= 15 is 0 Å². The Balaban J connectivity index is 1.49. The SMILES string of the molecule is Cc1nc(C(=O)N[C@@H](CNC(=O)c2cccc3occc23)CC(C)C)c(-c2ccccc2)s1. The molecule has 0 unspecified atom stereocenters. The summed E-state index contributed by atoms with van der Waals surface area (Å²) in [5.74, 6) is -0.0789. The first kappa shape index (κ1) is 22.7. The summed E-state index contributed by atoms with van der Waals surface area (Å²) in [4.78, 5) is 31.4. The van der Waals surface area contributed by atoms with Gasteiger partial charge in [0.25, 0.3) is 11.8 Å². The molecule has 0 aliphatic carbocycles. The smallest absolute Gasteiger partial charge is 0.271 e. The minimum Gasteiger partial charge on any atom is -0.464 e. The number of aromatic nitrogens is 1. The Bertz CT molecular complexity index is 1260. The van der Waals surface area contributed by atoms with Crippen LogP contribution in [0, 0.1) is 12.8 Å². The van der Waals surface area contributed by atoms with Crippen LogP contribution in [-0.4, -0.2) is 29.4 Å². The summed E-state index contributed by atoms with van der Waals surface area (Å²) in [6.07, 6.45) is 2.30. The van der Waals surface area contributed by atoms with Crippen LogP contribution >= 0.6 is 11.3 Å². The summed E-state index contributed by atoms with van der Waals surface area (Å²) in [6, 6.07) is 16.8. The van der Waals surface area contributed by atoms with E-state index in [1.165, 1.54) is 11.3 Å². The molecule has 2 aromatic heterocycles. The molecule has 0 radical (unpaired) electrons. The van der Waals surface area contributed by atoms with Gasteiger partial charge in [-0.05, 0) is 43.0 Å². The summed E-state index contributed by atoms with van der Waals surface area (Å²) < 4.78 is 5.40. The van der Waals surface area contributed by atoms with Gasteiger partial charge in [0.05, 0.1) is 21.7 Å². The number of thiazole rings is 1. The number of hydrogen-bond donors (Lipinski definition) is 2. The van der Waals surface area contributed by atoms with Gasteiger partial charge in [0.1, 0.15) is 11.3 Å². The Morgan fingerprint density at radius 1 is 1.03 bits per heavy atom. The number of aryl methyl sites for hydroxylation is 1. The largest absolute Gasteiger partial charge is 0.464 e. The zero-order valence-electron chi connectivity index (χ0n) is 18.9. The van der Waals surface area contributed by atoms with Gasteiger partial charge in [-0.25, -0.2) is 4.98 Å². The molecule has 1 atom stereocenters. The van der Waals surface area contributed by atoms with Gasteiger partial charge in [-0.15, -0.1) is 11.3 Å². The Kier molecular flexibility index (Phi) is 6.89. The fourth-order valence-electron chi connectivity index (χ4n) is 3.89. The molecule has 0 saturated carbocycles. The summed E-state index contributed by atoms with van der Waals surface area (Å²) in [5, 5.41) is 7.68. The van der Waals surface area contributed by atoms with Crippen molar-refractivity contribution in [3.8, 4) is 10.4 Å². The number of nitrogens with zero attached hydrogens (tertiary/aromatic N) is 1. The number of carbonyl (C=O) groups excluding carboxylic acids is 2. The third-order valence-electron chi connectivity index (χ3n) is 5.33. The molecule has 4 rings (SSSR count). The monoisotopic (exact) mass is 461 g/mol. The maximum Gasteiger partial charge on any atom is 0.271 e. The van der Waals surface area contributed by atoms with Crippen molar-refractivity contribution in [2.45, 2.75) is 33.2 Å². The molecule has 33 heavy (non-hydrogen) atoms. The topological polar surface area (TPSA) is 84.2 Å². The quantitative estimate of drug-likeness (QED) is 0.366. The molecule has 0 spiro atoms. The van der Waals surface area contributed by atoms with E-state index in [0.29, 0.717) is 29.3 Å². The number of fused-ring (bicyclic) bond motifs is 1. The van der Waals surface area contributed by atoms with E-state index in [-0.39, 0.29) is 17.9 Å². The first-order chi connectivity index (χ1) is 15.9. The first-order valence-corrected chi connectivity index (χ1v) is 11.8. The molecule has 2 aromatic carbocycles. The van der Waals surface area contributed by atoms with Crippen LogP contribution in [0.3, 0.4) is 0 Å². The summed E-state index contributed by atoms with van der Waals surface area (Å²) >= 11 is 1.50. The molecule has 2 heterocycles. The van der Waals surface area contributed by atoms with E-state index in [9.17, 15) is 9.59 Å². The minimum absolute atomic E-state index is 0.195. The zero-order chi connectivity index (χ0) is 23.4. The van der Waals surface area contributed by atoms with E-state index in [1.54, 1.807) is 24.5 Å². The lowest BCUT2D eigenvalue weighted by molar-refractivity contribution is 0.0901. The van der Waals surface area contributed by atoms with Gasteiger partial charge >= 0.3 is 0 Å². The fourth-order valence-corrected chi connectivity index (χ4v) is 4.81. The van der Waals surface area contributed by atoms with Gasteiger partial charge in [0.2, 0.25) is 0 Å². The second-order valence-electron chi connectivity index (χ2n) is 8.42. The van der Waals surface area contributed by atoms with Gasteiger partial charge in [0.15, 0.2) is 0 Å². The molecule has 2 amide bonds. The van der Waals surface area contributed by atoms with Crippen molar-refractivity contribution in [3.63, 3.8) is 0 Å². The second-order valence-corrected chi connectivity index (χ2v) is 9.63. The van der Waals surface area contributed by atoms with Crippen molar-refractivity contribution >= 4 is 34.1 Å². The molecule has 6 nitrogen and oxygen atoms in total. The van der Waals surface area contributed by atoms with Crippen molar-refractivity contribution in [3.05, 3.63) is 77.1 Å². The number of nitrogens with one attached hydrogen (secondary N) is 2. The standard InChI is InChI=1S/C26H27N3O3S/c1-16(2)14-19(15-27-25(30)21-10-7-11-22-20(21)12-13-32-22)29-26(31)23-24(33-17(3)28-23)18-8-5-4-6-9-18/h4-13,16,19H,14-15H2,1-3H3,(H,27,30)(H,29,31)/t19-/m1/s1. The molecular formula is C26H27N3O3S. The summed E-state index contributed by atoms with van der Waals surface area (Å²) in [7, 11) is 0. The third-order valence-corrected chi connectivity index (χ3v) is 6.35. The van der Waals surface area contributed by atoms with Gasteiger partial charge in [-0.1, -0.05) is 50.2 Å². The van der Waals surface area contributed by atoms with Crippen LogP contribution in [0.25, 0.3) is 21.4 Å². The Hall–Kier alpha value is -3.45. The van der Waals surface area contributed by atoms with Gasteiger partial charge in [-0.2, -0.15) is 0 Å². The van der Waals surface area contributed by atoms with Crippen molar-refractivity contribution in [1.82, 2.24) is 15.6 Å². The average Bonchev–Trinajstić information content (AvgIpc) is 3.44. The fraction of sp³-hybridized carbons (Fsp3) is 0.269. The predicted molar refractivity (Wildman–Crippen MR) is 132 cm³/mol. The third kappa shape index (κ3) is 5.31. The lowest BCUT2D eigenvalue weighted by Gasteiger charge is -2.21. The highest BCUT2D eigenvalue weighted by Gasteiger charge is 2.22. The van der Waals surface area contributed by atoms with Crippen LogP contribution in [0.4, 0.5) is 0 Å². The normalized spacial score (nSPS) is 12.1. The van der Waals surface area contributed by atoms with E-state index < -0.39 is 0 Å². The first-order valence-electron chi connectivity index (χ1n) is 11.0. The van der Waals surface area contributed by atoms with Crippen LogP contribution in [0.5, 0.6) is 0 Å². The zero-order valence-corrected chi connectivity index (χ0v) is 19.7.